The molecule has 5 heteroatoms. The van der Waals surface area contributed by atoms with E-state index < -0.39 is 17.6 Å². The van der Waals surface area contributed by atoms with E-state index in [1.54, 1.807) is 19.0 Å². The van der Waals surface area contributed by atoms with Gasteiger partial charge in [-0.25, -0.2) is 4.79 Å². The highest BCUT2D eigenvalue weighted by Gasteiger charge is 2.44. The Morgan fingerprint density at radius 2 is 1.19 bits per heavy atom. The molecule has 0 aliphatic carbocycles. The van der Waals surface area contributed by atoms with Crippen molar-refractivity contribution in [2.24, 2.45) is 11.8 Å². The molecule has 1 amide bonds. The Labute approximate surface area is 221 Å². The summed E-state index contributed by atoms with van der Waals surface area (Å²) in [6.07, 6.45) is 0.682. The number of carbonyl (C=O) groups excluding carboxylic acids is 2. The van der Waals surface area contributed by atoms with Crippen LogP contribution in [0.2, 0.25) is 0 Å². The monoisotopic (exact) mass is 500 g/mol. The van der Waals surface area contributed by atoms with Gasteiger partial charge in [-0.05, 0) is 25.3 Å². The topological polar surface area (TPSA) is 58.6 Å². The molecule has 0 saturated carbocycles. The minimum atomic E-state index is -1.18. The van der Waals surface area contributed by atoms with Crippen LogP contribution in [-0.4, -0.2) is 43.0 Å². The second-order valence-electron chi connectivity index (χ2n) is 10.3. The summed E-state index contributed by atoms with van der Waals surface area (Å²) in [6, 6.07) is 28.3. The first-order chi connectivity index (χ1) is 17.7. The summed E-state index contributed by atoms with van der Waals surface area (Å²) in [4.78, 5) is 29.2. The van der Waals surface area contributed by atoms with Crippen LogP contribution in [0, 0.1) is 11.8 Å². The number of esters is 1. The number of benzene rings is 3. The summed E-state index contributed by atoms with van der Waals surface area (Å²) in [6.45, 7) is 8.06. The molecule has 0 spiro atoms. The summed E-state index contributed by atoms with van der Waals surface area (Å²) < 4.78 is 6.63. The third-order valence-electron chi connectivity index (χ3n) is 6.79. The van der Waals surface area contributed by atoms with E-state index in [1.807, 2.05) is 105 Å². The van der Waals surface area contributed by atoms with Crippen molar-refractivity contribution >= 4 is 11.9 Å². The van der Waals surface area contributed by atoms with Crippen LogP contribution in [0.15, 0.2) is 91.0 Å². The normalized spacial score (nSPS) is 13.3. The molecule has 3 aromatic rings. The van der Waals surface area contributed by atoms with Gasteiger partial charge in [-0.3, -0.25) is 4.79 Å². The van der Waals surface area contributed by atoms with Crippen molar-refractivity contribution in [3.8, 4) is 0 Å². The Morgan fingerprint density at radius 3 is 1.51 bits per heavy atom. The number of amides is 1. The largest absolute Gasteiger partial charge is 0.443 e. The van der Waals surface area contributed by atoms with Gasteiger partial charge in [0.25, 0.3) is 0 Å². The summed E-state index contributed by atoms with van der Waals surface area (Å²) in [5, 5.41) is 3.13. The quantitative estimate of drug-likeness (QED) is 0.273. The zero-order valence-corrected chi connectivity index (χ0v) is 22.8. The van der Waals surface area contributed by atoms with Crippen molar-refractivity contribution in [1.82, 2.24) is 10.2 Å². The number of nitrogens with one attached hydrogen (secondary N) is 1. The van der Waals surface area contributed by atoms with Crippen LogP contribution >= 0.6 is 0 Å². The van der Waals surface area contributed by atoms with E-state index in [0.717, 1.165) is 16.7 Å². The molecule has 2 atom stereocenters. The molecule has 5 nitrogen and oxygen atoms in total. The standard InChI is InChI=1S/C32H40N2O3/c1-23(2)22-28(33-5)30(35)34(6)29(24(3)4)31(36)37-32(25-16-10-7-11-17-25,26-18-12-8-13-19-26)27-20-14-9-15-21-27/h7-21,23-24,28-29,33H,22H2,1-6H3/t28-,29-/m0/s1. The lowest BCUT2D eigenvalue weighted by Crippen LogP contribution is -2.54. The third-order valence-corrected chi connectivity index (χ3v) is 6.79. The van der Waals surface area contributed by atoms with Crippen LogP contribution in [0.4, 0.5) is 0 Å². The molecule has 3 aromatic carbocycles. The summed E-state index contributed by atoms with van der Waals surface area (Å²) >= 11 is 0. The van der Waals surface area contributed by atoms with Crippen molar-refractivity contribution < 1.29 is 14.3 Å². The summed E-state index contributed by atoms with van der Waals surface area (Å²) in [7, 11) is 3.49. The van der Waals surface area contributed by atoms with Crippen LogP contribution in [0.3, 0.4) is 0 Å². The fourth-order valence-corrected chi connectivity index (χ4v) is 4.98. The molecule has 0 saturated heterocycles. The Morgan fingerprint density at radius 1 is 0.784 bits per heavy atom. The first kappa shape index (κ1) is 28.1. The first-order valence-electron chi connectivity index (χ1n) is 13.1. The molecule has 196 valence electrons. The van der Waals surface area contributed by atoms with Gasteiger partial charge in [0.15, 0.2) is 5.60 Å². The number of rotatable bonds is 11. The van der Waals surface area contributed by atoms with E-state index >= 15 is 0 Å². The number of likely N-dealkylation sites (N-methyl/N-ethyl adjacent to an activating group) is 2. The van der Waals surface area contributed by atoms with Gasteiger partial charge in [-0.15, -0.1) is 0 Å². The zero-order valence-electron chi connectivity index (χ0n) is 22.8. The highest BCUT2D eigenvalue weighted by molar-refractivity contribution is 5.88. The molecule has 0 heterocycles. The molecule has 0 unspecified atom stereocenters. The lowest BCUT2D eigenvalue weighted by Gasteiger charge is -2.39. The minimum Gasteiger partial charge on any atom is -0.443 e. The van der Waals surface area contributed by atoms with E-state index in [9.17, 15) is 9.59 Å². The smallest absolute Gasteiger partial charge is 0.330 e. The number of ether oxygens (including phenoxy) is 1. The van der Waals surface area contributed by atoms with Gasteiger partial charge in [0, 0.05) is 23.7 Å². The second kappa shape index (κ2) is 12.7. The maximum atomic E-state index is 14.2. The van der Waals surface area contributed by atoms with Crippen LogP contribution in [0.25, 0.3) is 0 Å². The molecule has 0 radical (unpaired) electrons. The molecule has 0 bridgehead atoms. The van der Waals surface area contributed by atoms with Crippen LogP contribution in [0.1, 0.15) is 50.8 Å². The predicted molar refractivity (Wildman–Crippen MR) is 149 cm³/mol. The first-order valence-corrected chi connectivity index (χ1v) is 13.1. The van der Waals surface area contributed by atoms with Gasteiger partial charge in [-0.1, -0.05) is 119 Å². The average Bonchev–Trinajstić information content (AvgIpc) is 2.91. The van der Waals surface area contributed by atoms with E-state index in [4.69, 9.17) is 4.74 Å². The zero-order chi connectivity index (χ0) is 27.0. The number of nitrogens with zero attached hydrogens (tertiary/aromatic N) is 1. The Hall–Kier alpha value is -3.44. The fraction of sp³-hybridized carbons (Fsp3) is 0.375. The summed E-state index contributed by atoms with van der Waals surface area (Å²) in [5.74, 6) is -0.377. The van der Waals surface area contributed by atoms with Crippen molar-refractivity contribution in [3.05, 3.63) is 108 Å². The van der Waals surface area contributed by atoms with Crippen LogP contribution in [-0.2, 0) is 19.9 Å². The number of carbonyl (C=O) groups is 2. The predicted octanol–water partition coefficient (Wildman–Crippen LogP) is 5.64. The second-order valence-corrected chi connectivity index (χ2v) is 10.3. The lowest BCUT2D eigenvalue weighted by molar-refractivity contribution is -0.165. The SMILES string of the molecule is CN[C@@H](CC(C)C)C(=O)N(C)[C@H](C(=O)OC(c1ccccc1)(c1ccccc1)c1ccccc1)C(C)C. The van der Waals surface area contributed by atoms with Crippen LogP contribution < -0.4 is 5.32 Å². The molecule has 0 aliphatic heterocycles. The van der Waals surface area contributed by atoms with E-state index in [1.165, 1.54) is 0 Å². The van der Waals surface area contributed by atoms with Gasteiger partial charge in [-0.2, -0.15) is 0 Å². The average molecular weight is 501 g/mol. The van der Waals surface area contributed by atoms with Gasteiger partial charge in [0.1, 0.15) is 6.04 Å². The molecular weight excluding hydrogens is 460 g/mol. The lowest BCUT2D eigenvalue weighted by atomic mass is 9.80. The minimum absolute atomic E-state index is 0.114. The van der Waals surface area contributed by atoms with Gasteiger partial charge >= 0.3 is 5.97 Å². The highest BCUT2D eigenvalue weighted by Crippen LogP contribution is 2.41. The molecule has 0 aliphatic rings. The molecule has 3 rings (SSSR count). The highest BCUT2D eigenvalue weighted by atomic mass is 16.6. The van der Waals surface area contributed by atoms with Crippen LogP contribution in [0.5, 0.6) is 0 Å². The van der Waals surface area contributed by atoms with Crippen molar-refractivity contribution in [2.75, 3.05) is 14.1 Å². The van der Waals surface area contributed by atoms with Crippen molar-refractivity contribution in [3.63, 3.8) is 0 Å². The Kier molecular flexibility index (Phi) is 9.65. The summed E-state index contributed by atoms with van der Waals surface area (Å²) in [5.41, 5.74) is 1.33. The third kappa shape index (κ3) is 6.28. The van der Waals surface area contributed by atoms with Crippen molar-refractivity contribution in [1.29, 1.82) is 0 Å². The maximum absolute atomic E-state index is 14.2. The number of hydrogen-bond acceptors (Lipinski definition) is 4. The van der Waals surface area contributed by atoms with Crippen molar-refractivity contribution in [2.45, 2.75) is 51.8 Å². The molecular formula is C32H40N2O3. The van der Waals surface area contributed by atoms with Gasteiger partial charge in [0.2, 0.25) is 5.91 Å². The Balaban J connectivity index is 2.12. The van der Waals surface area contributed by atoms with E-state index in [0.29, 0.717) is 12.3 Å². The van der Waals surface area contributed by atoms with E-state index in [2.05, 4.69) is 19.2 Å². The molecule has 0 fully saturated rings. The van der Waals surface area contributed by atoms with Gasteiger partial charge < -0.3 is 15.0 Å². The fourth-order valence-electron chi connectivity index (χ4n) is 4.98. The van der Waals surface area contributed by atoms with Gasteiger partial charge in [0.05, 0.1) is 6.04 Å². The molecule has 0 aromatic heterocycles. The molecule has 37 heavy (non-hydrogen) atoms. The Bertz CT molecular complexity index is 1030. The maximum Gasteiger partial charge on any atom is 0.330 e. The van der Waals surface area contributed by atoms with E-state index in [-0.39, 0.29) is 17.9 Å². The number of hydrogen-bond donors (Lipinski definition) is 1. The molecule has 1 N–H and O–H groups in total.